The number of nitrogens with zero attached hydrogens (tertiary/aromatic N) is 2. The molecule has 2 atom stereocenters. The molecule has 3 heterocycles. The minimum atomic E-state index is -5.08. The predicted molar refractivity (Wildman–Crippen MR) is 103 cm³/mol. The third-order valence-corrected chi connectivity index (χ3v) is 5.40. The molecule has 1 aromatic carbocycles. The van der Waals surface area contributed by atoms with Gasteiger partial charge in [-0.3, -0.25) is 24.0 Å². The normalized spacial score (nSPS) is 21.5. The maximum atomic E-state index is 12.8. The number of nitrogens with one attached hydrogen (secondary N) is 2. The topological polar surface area (TPSA) is 122 Å². The monoisotopic (exact) mass is 442 g/mol. The number of alkyl halides is 3. The Balaban J connectivity index is 0.000000339. The van der Waals surface area contributed by atoms with Gasteiger partial charge in [0.05, 0.1) is 11.0 Å². The number of para-hydroxylation sites is 1. The van der Waals surface area contributed by atoms with Crippen LogP contribution in [0.15, 0.2) is 23.0 Å². The Morgan fingerprint density at radius 1 is 1.19 bits per heavy atom. The van der Waals surface area contributed by atoms with Gasteiger partial charge in [0.2, 0.25) is 11.8 Å². The van der Waals surface area contributed by atoms with Gasteiger partial charge >= 0.3 is 17.8 Å². The summed E-state index contributed by atoms with van der Waals surface area (Å²) >= 11 is 0. The van der Waals surface area contributed by atoms with E-state index in [-0.39, 0.29) is 18.0 Å². The Kier molecular flexibility index (Phi) is 6.20. The molecule has 31 heavy (non-hydrogen) atoms. The van der Waals surface area contributed by atoms with Crippen molar-refractivity contribution in [2.75, 3.05) is 13.1 Å². The molecule has 3 N–H and O–H groups in total. The molecule has 0 radical (unpaired) electrons. The van der Waals surface area contributed by atoms with Crippen LogP contribution in [0.3, 0.4) is 0 Å². The second-order valence-electron chi connectivity index (χ2n) is 7.39. The zero-order valence-electron chi connectivity index (χ0n) is 16.5. The second-order valence-corrected chi connectivity index (χ2v) is 7.39. The van der Waals surface area contributed by atoms with Gasteiger partial charge in [0, 0.05) is 20.0 Å². The maximum absolute atomic E-state index is 12.8. The molecule has 2 aliphatic heterocycles. The number of hydrogen-bond acceptors (Lipinski definition) is 5. The van der Waals surface area contributed by atoms with Crippen LogP contribution in [0.5, 0.6) is 0 Å². The summed E-state index contributed by atoms with van der Waals surface area (Å²) in [5, 5.41) is 12.8. The van der Waals surface area contributed by atoms with E-state index in [0.717, 1.165) is 36.1 Å². The van der Waals surface area contributed by atoms with Gasteiger partial charge in [-0.05, 0) is 36.9 Å². The third-order valence-electron chi connectivity index (χ3n) is 5.40. The molecule has 2 fully saturated rings. The maximum Gasteiger partial charge on any atom is 0.490 e. The molecule has 12 heteroatoms. The van der Waals surface area contributed by atoms with Gasteiger partial charge in [0.1, 0.15) is 6.04 Å². The number of carbonyl (C=O) groups is 3. The zero-order chi connectivity index (χ0) is 22.9. The predicted octanol–water partition coefficient (Wildman–Crippen LogP) is 1.03. The van der Waals surface area contributed by atoms with E-state index in [1.807, 2.05) is 12.1 Å². The summed E-state index contributed by atoms with van der Waals surface area (Å²) in [4.78, 5) is 45.4. The number of piperidine rings is 1. The lowest BCUT2D eigenvalue weighted by Crippen LogP contribution is -2.44. The van der Waals surface area contributed by atoms with Crippen molar-refractivity contribution in [3.05, 3.63) is 34.2 Å². The number of fused-ring (bicyclic) bond motifs is 1. The fourth-order valence-corrected chi connectivity index (χ4v) is 3.95. The fraction of sp³-hybridized carbons (Fsp3) is 0.474. The zero-order valence-corrected chi connectivity index (χ0v) is 16.5. The van der Waals surface area contributed by atoms with Crippen LogP contribution in [-0.4, -0.2) is 51.3 Å². The van der Waals surface area contributed by atoms with Crippen LogP contribution in [0.2, 0.25) is 0 Å². The summed E-state index contributed by atoms with van der Waals surface area (Å²) in [6, 6.07) is 5.26. The minimum absolute atomic E-state index is 0.210. The largest absolute Gasteiger partial charge is 0.490 e. The van der Waals surface area contributed by atoms with Crippen LogP contribution in [0.25, 0.3) is 11.0 Å². The lowest BCUT2D eigenvalue weighted by Gasteiger charge is -2.22. The number of carbonyl (C=O) groups excluding carboxylic acids is 2. The number of aliphatic carboxylic acids is 1. The molecule has 2 aromatic rings. The smallest absolute Gasteiger partial charge is 0.475 e. The number of amides is 2. The summed E-state index contributed by atoms with van der Waals surface area (Å²) in [5.74, 6) is -3.06. The van der Waals surface area contributed by atoms with Crippen molar-refractivity contribution in [3.63, 3.8) is 0 Å². The summed E-state index contributed by atoms with van der Waals surface area (Å²) in [6.07, 6.45) is -3.43. The van der Waals surface area contributed by atoms with Gasteiger partial charge in [-0.2, -0.15) is 13.2 Å². The molecule has 1 aromatic heterocycles. The number of hydrogen-bond donors (Lipinski definition) is 3. The highest BCUT2D eigenvalue weighted by atomic mass is 19.4. The molecule has 2 saturated heterocycles. The summed E-state index contributed by atoms with van der Waals surface area (Å²) in [7, 11) is 1.75. The molecule has 4 rings (SSSR count). The van der Waals surface area contributed by atoms with Crippen LogP contribution in [0, 0.1) is 0 Å². The Morgan fingerprint density at radius 2 is 1.87 bits per heavy atom. The van der Waals surface area contributed by atoms with Crippen LogP contribution in [-0.2, 0) is 21.4 Å². The van der Waals surface area contributed by atoms with Gasteiger partial charge in [0.15, 0.2) is 0 Å². The quantitative estimate of drug-likeness (QED) is 0.597. The first kappa shape index (κ1) is 22.5. The van der Waals surface area contributed by atoms with Crippen molar-refractivity contribution in [1.82, 2.24) is 19.8 Å². The lowest BCUT2D eigenvalue weighted by atomic mass is 9.96. The molecular formula is C19H21F3N4O5. The first-order valence-corrected chi connectivity index (χ1v) is 9.56. The molecule has 168 valence electrons. The molecule has 2 unspecified atom stereocenters. The van der Waals surface area contributed by atoms with Gasteiger partial charge in [0.25, 0.3) is 0 Å². The van der Waals surface area contributed by atoms with E-state index >= 15 is 0 Å². The Bertz CT molecular complexity index is 1080. The Morgan fingerprint density at radius 3 is 2.42 bits per heavy atom. The molecule has 9 nitrogen and oxygen atoms in total. The van der Waals surface area contributed by atoms with Gasteiger partial charge in [-0.15, -0.1) is 0 Å². The Labute approximate surface area is 173 Å². The number of rotatable bonds is 2. The number of aryl methyl sites for hydroxylation is 1. The third kappa shape index (κ3) is 4.48. The average molecular weight is 442 g/mol. The standard InChI is InChI=1S/C17H20N4O3.C2HF3O2/c1-20-15-11(10-7-8-18-9-10)3-2-4-12(15)21(17(20)24)13-5-6-14(22)19-16(13)23;3-2(4,5)1(6)7/h2-4,10,13,18H,5-9H2,1H3,(H,19,22,23);(H,6,7). The fourth-order valence-electron chi connectivity index (χ4n) is 3.95. The Hall–Kier alpha value is -3.15. The van der Waals surface area contributed by atoms with E-state index in [1.165, 1.54) is 0 Å². The minimum Gasteiger partial charge on any atom is -0.475 e. The highest BCUT2D eigenvalue weighted by Gasteiger charge is 2.38. The van der Waals surface area contributed by atoms with Crippen molar-refractivity contribution in [1.29, 1.82) is 0 Å². The molecule has 2 aliphatic rings. The number of carboxylic acid groups (broad SMARTS) is 1. The van der Waals surface area contributed by atoms with E-state index in [9.17, 15) is 27.6 Å². The van der Waals surface area contributed by atoms with Crippen LogP contribution < -0.4 is 16.3 Å². The molecule has 0 saturated carbocycles. The first-order valence-electron chi connectivity index (χ1n) is 9.56. The van der Waals surface area contributed by atoms with Gasteiger partial charge in [-0.25, -0.2) is 9.59 Å². The first-order chi connectivity index (χ1) is 14.5. The van der Waals surface area contributed by atoms with Crippen molar-refractivity contribution in [2.24, 2.45) is 7.05 Å². The van der Waals surface area contributed by atoms with E-state index in [2.05, 4.69) is 16.7 Å². The SMILES string of the molecule is Cn1c(=O)n(C2CCC(=O)NC2=O)c2cccc(C3CCNC3)c21.O=C(O)C(F)(F)F. The number of benzene rings is 1. The van der Waals surface area contributed by atoms with Crippen molar-refractivity contribution in [3.8, 4) is 0 Å². The van der Waals surface area contributed by atoms with Crippen LogP contribution in [0.4, 0.5) is 13.2 Å². The number of imide groups is 1. The number of imidazole rings is 1. The number of halogens is 3. The van der Waals surface area contributed by atoms with E-state index in [4.69, 9.17) is 9.90 Å². The van der Waals surface area contributed by atoms with E-state index in [0.29, 0.717) is 12.3 Å². The van der Waals surface area contributed by atoms with E-state index in [1.54, 1.807) is 16.2 Å². The van der Waals surface area contributed by atoms with Crippen molar-refractivity contribution < 1.29 is 32.7 Å². The highest BCUT2D eigenvalue weighted by Crippen LogP contribution is 2.31. The number of aromatic nitrogens is 2. The molecular weight excluding hydrogens is 421 g/mol. The van der Waals surface area contributed by atoms with Gasteiger partial charge < -0.3 is 10.4 Å². The van der Waals surface area contributed by atoms with Crippen molar-refractivity contribution >= 4 is 28.8 Å². The van der Waals surface area contributed by atoms with Crippen LogP contribution in [0.1, 0.15) is 36.8 Å². The summed E-state index contributed by atoms with van der Waals surface area (Å²) < 4.78 is 34.9. The highest BCUT2D eigenvalue weighted by molar-refractivity contribution is 6.00. The van der Waals surface area contributed by atoms with Gasteiger partial charge in [-0.1, -0.05) is 12.1 Å². The average Bonchev–Trinajstić information content (AvgIpc) is 3.30. The van der Waals surface area contributed by atoms with Crippen LogP contribution >= 0.6 is 0 Å². The molecule has 0 aliphatic carbocycles. The summed E-state index contributed by atoms with van der Waals surface area (Å²) in [6.45, 7) is 1.87. The molecule has 2 amide bonds. The number of carboxylic acids is 1. The molecule has 0 bridgehead atoms. The van der Waals surface area contributed by atoms with E-state index < -0.39 is 24.1 Å². The van der Waals surface area contributed by atoms with Crippen molar-refractivity contribution in [2.45, 2.75) is 37.4 Å². The molecule has 0 spiro atoms. The second kappa shape index (κ2) is 8.53. The lowest BCUT2D eigenvalue weighted by molar-refractivity contribution is -0.192. The summed E-state index contributed by atoms with van der Waals surface area (Å²) in [5.41, 5.74) is 2.59.